The first-order chi connectivity index (χ1) is 13.4. The first-order valence-electron chi connectivity index (χ1n) is 12.4. The van der Waals surface area contributed by atoms with Gasteiger partial charge in [-0.3, -0.25) is 0 Å². The molecule has 0 aromatic carbocycles. The molecule has 28 heavy (non-hydrogen) atoms. The Balaban J connectivity index is 1.50. The summed E-state index contributed by atoms with van der Waals surface area (Å²) >= 11 is 0. The Kier molecular flexibility index (Phi) is 5.75. The molecule has 3 saturated carbocycles. The van der Waals surface area contributed by atoms with Gasteiger partial charge in [-0.05, 0) is 103 Å². The molecule has 0 saturated heterocycles. The highest BCUT2D eigenvalue weighted by atomic mass is 16.5. The molecule has 4 aliphatic rings. The Bertz CT molecular complexity index is 603. The van der Waals surface area contributed by atoms with Crippen molar-refractivity contribution in [2.24, 2.45) is 52.3 Å². The van der Waals surface area contributed by atoms with Gasteiger partial charge in [0, 0.05) is 0 Å². The standard InChI is InChI=1S/C27H44O/c1-19(2)7-6-8-20(3)23-11-12-24-22-10-9-21-14-17-28-18-16-26(21,4)25(22)13-15-27(23,24)5/h14,16-25H,6-13,15H2,1-5H3/t20-,21+,22+,23-,24+,25+,26+,27-/m1/s1. The van der Waals surface area contributed by atoms with Crippen LogP contribution in [0.4, 0.5) is 0 Å². The summed E-state index contributed by atoms with van der Waals surface area (Å²) in [5, 5.41) is 0. The van der Waals surface area contributed by atoms with Crippen molar-refractivity contribution < 1.29 is 4.74 Å². The van der Waals surface area contributed by atoms with Crippen LogP contribution in [0.25, 0.3) is 0 Å². The van der Waals surface area contributed by atoms with Crippen LogP contribution in [0.1, 0.15) is 92.4 Å². The Morgan fingerprint density at radius 3 is 2.54 bits per heavy atom. The van der Waals surface area contributed by atoms with Crippen LogP contribution < -0.4 is 0 Å². The van der Waals surface area contributed by atoms with E-state index in [2.05, 4.69) is 46.8 Å². The maximum Gasteiger partial charge on any atom is 0.0867 e. The summed E-state index contributed by atoms with van der Waals surface area (Å²) in [7, 11) is 0. The lowest BCUT2D eigenvalue weighted by Gasteiger charge is -2.58. The summed E-state index contributed by atoms with van der Waals surface area (Å²) < 4.78 is 5.58. The minimum Gasteiger partial charge on any atom is -0.473 e. The normalized spacial score (nSPS) is 45.7. The van der Waals surface area contributed by atoms with Crippen LogP contribution in [-0.2, 0) is 4.74 Å². The van der Waals surface area contributed by atoms with Gasteiger partial charge < -0.3 is 4.74 Å². The average molecular weight is 385 g/mol. The Labute approximate surface area is 174 Å². The van der Waals surface area contributed by atoms with Crippen LogP contribution in [0, 0.1) is 52.3 Å². The van der Waals surface area contributed by atoms with Crippen molar-refractivity contribution in [1.82, 2.24) is 0 Å². The predicted molar refractivity (Wildman–Crippen MR) is 119 cm³/mol. The molecular formula is C27H44O. The second kappa shape index (κ2) is 7.84. The van der Waals surface area contributed by atoms with Crippen molar-refractivity contribution in [2.45, 2.75) is 92.4 Å². The number of ether oxygens (including phenoxy) is 1. The average Bonchev–Trinajstić information content (AvgIpc) is 2.87. The van der Waals surface area contributed by atoms with Gasteiger partial charge in [0.1, 0.15) is 0 Å². The van der Waals surface area contributed by atoms with E-state index in [1.165, 1.54) is 57.8 Å². The van der Waals surface area contributed by atoms with E-state index < -0.39 is 0 Å². The highest BCUT2D eigenvalue weighted by Crippen LogP contribution is 2.67. The van der Waals surface area contributed by atoms with E-state index in [1.807, 2.05) is 12.5 Å². The third kappa shape index (κ3) is 3.39. The summed E-state index contributed by atoms with van der Waals surface area (Å²) in [5.41, 5.74) is 0.903. The van der Waals surface area contributed by atoms with Crippen molar-refractivity contribution in [3.8, 4) is 0 Å². The van der Waals surface area contributed by atoms with Gasteiger partial charge in [-0.25, -0.2) is 0 Å². The molecule has 158 valence electrons. The predicted octanol–water partition coefficient (Wildman–Crippen LogP) is 7.98. The maximum atomic E-state index is 5.58. The molecule has 1 heteroatoms. The first kappa shape index (κ1) is 20.5. The summed E-state index contributed by atoms with van der Waals surface area (Å²) in [6.45, 7) is 12.6. The van der Waals surface area contributed by atoms with E-state index in [0.29, 0.717) is 16.7 Å². The molecule has 3 aliphatic carbocycles. The minimum absolute atomic E-state index is 0.304. The zero-order valence-electron chi connectivity index (χ0n) is 19.1. The van der Waals surface area contributed by atoms with Gasteiger partial charge in [-0.2, -0.15) is 0 Å². The lowest BCUT2D eigenvalue weighted by molar-refractivity contribution is -0.0728. The van der Waals surface area contributed by atoms with Crippen molar-refractivity contribution >= 4 is 0 Å². The van der Waals surface area contributed by atoms with Crippen molar-refractivity contribution in [3.63, 3.8) is 0 Å². The van der Waals surface area contributed by atoms with Crippen LogP contribution >= 0.6 is 0 Å². The first-order valence-corrected chi connectivity index (χ1v) is 12.4. The van der Waals surface area contributed by atoms with E-state index in [4.69, 9.17) is 4.74 Å². The molecule has 0 bridgehead atoms. The number of hydrogen-bond acceptors (Lipinski definition) is 1. The Morgan fingerprint density at radius 2 is 1.75 bits per heavy atom. The van der Waals surface area contributed by atoms with Crippen LogP contribution in [-0.4, -0.2) is 0 Å². The summed E-state index contributed by atoms with van der Waals surface area (Å²) in [6.07, 6.45) is 21.6. The van der Waals surface area contributed by atoms with Gasteiger partial charge in [-0.1, -0.05) is 53.9 Å². The third-order valence-corrected chi connectivity index (χ3v) is 9.94. The van der Waals surface area contributed by atoms with E-state index >= 15 is 0 Å². The van der Waals surface area contributed by atoms with E-state index in [-0.39, 0.29) is 0 Å². The van der Waals surface area contributed by atoms with Gasteiger partial charge >= 0.3 is 0 Å². The smallest absolute Gasteiger partial charge is 0.0867 e. The summed E-state index contributed by atoms with van der Waals surface area (Å²) in [6, 6.07) is 0. The lowest BCUT2D eigenvalue weighted by atomic mass is 9.46. The van der Waals surface area contributed by atoms with E-state index in [1.54, 1.807) is 0 Å². The van der Waals surface area contributed by atoms with Crippen LogP contribution in [0.2, 0.25) is 0 Å². The fourth-order valence-electron chi connectivity index (χ4n) is 8.37. The number of hydrogen-bond donors (Lipinski definition) is 0. The minimum atomic E-state index is 0.304. The molecule has 0 unspecified atom stereocenters. The molecule has 1 heterocycles. The largest absolute Gasteiger partial charge is 0.473 e. The monoisotopic (exact) mass is 384 g/mol. The van der Waals surface area contributed by atoms with Crippen molar-refractivity contribution in [3.05, 3.63) is 24.7 Å². The Morgan fingerprint density at radius 1 is 0.929 bits per heavy atom. The van der Waals surface area contributed by atoms with Crippen molar-refractivity contribution in [2.75, 3.05) is 0 Å². The molecular weight excluding hydrogens is 340 g/mol. The van der Waals surface area contributed by atoms with Gasteiger partial charge in [0.15, 0.2) is 0 Å². The van der Waals surface area contributed by atoms with Crippen molar-refractivity contribution in [1.29, 1.82) is 0 Å². The summed E-state index contributed by atoms with van der Waals surface area (Å²) in [5.74, 6) is 6.14. The fourth-order valence-corrected chi connectivity index (χ4v) is 8.37. The third-order valence-electron chi connectivity index (χ3n) is 9.94. The maximum absolute atomic E-state index is 5.58. The quantitative estimate of drug-likeness (QED) is 0.467. The molecule has 8 atom stereocenters. The van der Waals surface area contributed by atoms with Gasteiger partial charge in [-0.15, -0.1) is 0 Å². The molecule has 0 radical (unpaired) electrons. The molecule has 0 N–H and O–H groups in total. The highest BCUT2D eigenvalue weighted by molar-refractivity contribution is 5.17. The lowest BCUT2D eigenvalue weighted by Crippen LogP contribution is -2.51. The molecule has 0 amide bonds. The SMILES string of the molecule is CC(C)CCC[C@@H](C)[C@H]1CC[C@H]2[C@@H]3CC[C@H]4C=COC=C[C@]4(C)[C@H]3CC[C@]12C. The Hall–Kier alpha value is -0.720. The molecule has 1 aliphatic heterocycles. The molecule has 0 aromatic heterocycles. The van der Waals surface area contributed by atoms with Gasteiger partial charge in [0.25, 0.3) is 0 Å². The molecule has 4 rings (SSSR count). The van der Waals surface area contributed by atoms with Gasteiger partial charge in [0.05, 0.1) is 12.5 Å². The molecule has 3 fully saturated rings. The number of allylic oxidation sites excluding steroid dienone is 2. The molecule has 0 aromatic rings. The zero-order chi connectivity index (χ0) is 19.9. The van der Waals surface area contributed by atoms with E-state index in [9.17, 15) is 0 Å². The molecule has 0 spiro atoms. The molecule has 1 nitrogen and oxygen atoms in total. The number of rotatable bonds is 5. The zero-order valence-corrected chi connectivity index (χ0v) is 19.1. The second-order valence-corrected chi connectivity index (χ2v) is 11.7. The number of fused-ring (bicyclic) bond motifs is 5. The second-order valence-electron chi connectivity index (χ2n) is 11.7. The van der Waals surface area contributed by atoms with Crippen LogP contribution in [0.3, 0.4) is 0 Å². The van der Waals surface area contributed by atoms with Crippen LogP contribution in [0.5, 0.6) is 0 Å². The van der Waals surface area contributed by atoms with Gasteiger partial charge in [0.2, 0.25) is 0 Å². The van der Waals surface area contributed by atoms with Crippen LogP contribution in [0.15, 0.2) is 24.7 Å². The van der Waals surface area contributed by atoms with E-state index in [0.717, 1.165) is 35.5 Å². The fraction of sp³-hybridized carbons (Fsp3) is 0.852. The summed E-state index contributed by atoms with van der Waals surface area (Å²) in [4.78, 5) is 0. The topological polar surface area (TPSA) is 9.23 Å². The highest BCUT2D eigenvalue weighted by Gasteiger charge is 2.59.